The van der Waals surface area contributed by atoms with Crippen molar-refractivity contribution >= 4 is 16.7 Å². The molecule has 0 radical (unpaired) electrons. The van der Waals surface area contributed by atoms with Crippen molar-refractivity contribution < 1.29 is 14.3 Å². The highest BCUT2D eigenvalue weighted by molar-refractivity contribution is 5.99. The third-order valence-corrected chi connectivity index (χ3v) is 4.70. The summed E-state index contributed by atoms with van der Waals surface area (Å²) in [5, 5.41) is 10.8. The average Bonchev–Trinajstić information content (AvgIpc) is 2.78. The first-order valence-corrected chi connectivity index (χ1v) is 9.07. The average molecular weight is 379 g/mol. The van der Waals surface area contributed by atoms with Gasteiger partial charge in [0.15, 0.2) is 0 Å². The topological polar surface area (TPSA) is 59.3 Å². The van der Waals surface area contributed by atoms with Gasteiger partial charge >= 0.3 is 5.97 Å². The molecule has 4 heteroatoms. The van der Waals surface area contributed by atoms with Gasteiger partial charge in [-0.25, -0.2) is 4.79 Å². The Bertz CT molecular complexity index is 1220. The molecule has 140 valence electrons. The molecule has 4 aromatic carbocycles. The minimum atomic E-state index is -0.473. The van der Waals surface area contributed by atoms with Gasteiger partial charge in [0.2, 0.25) is 0 Å². The summed E-state index contributed by atoms with van der Waals surface area (Å²) in [4.78, 5) is 12.7. The van der Waals surface area contributed by atoms with Gasteiger partial charge in [-0.05, 0) is 58.3 Å². The highest BCUT2D eigenvalue weighted by Gasteiger charge is 2.16. The van der Waals surface area contributed by atoms with Crippen LogP contribution in [0.15, 0.2) is 84.9 Å². The van der Waals surface area contributed by atoms with Crippen LogP contribution < -0.4 is 9.47 Å². The Morgan fingerprint density at radius 3 is 2.00 bits per heavy atom. The van der Waals surface area contributed by atoms with Gasteiger partial charge in [0.25, 0.3) is 0 Å². The van der Waals surface area contributed by atoms with Gasteiger partial charge < -0.3 is 9.47 Å². The summed E-state index contributed by atoms with van der Waals surface area (Å²) in [6.07, 6.45) is 0. The second-order valence-corrected chi connectivity index (χ2v) is 6.50. The quantitative estimate of drug-likeness (QED) is 0.342. The normalized spacial score (nSPS) is 10.3. The van der Waals surface area contributed by atoms with E-state index in [0.29, 0.717) is 22.6 Å². The third-order valence-electron chi connectivity index (χ3n) is 4.70. The number of nitriles is 1. The van der Waals surface area contributed by atoms with Crippen molar-refractivity contribution in [3.05, 3.63) is 96.1 Å². The van der Waals surface area contributed by atoms with Gasteiger partial charge in [0.05, 0.1) is 18.7 Å². The standard InChI is InChI=1S/C25H17NO3/c1-28-24-15-21-5-3-2-4-20(21)14-23(24)25(27)29-22-12-10-19(11-13-22)18-8-6-17(16-26)7-9-18/h2-15H,1H3. The third kappa shape index (κ3) is 3.80. The van der Waals surface area contributed by atoms with Gasteiger partial charge in [-0.15, -0.1) is 0 Å². The second kappa shape index (κ2) is 7.87. The predicted octanol–water partition coefficient (Wildman–Crippen LogP) is 5.61. The molecular weight excluding hydrogens is 362 g/mol. The monoisotopic (exact) mass is 379 g/mol. The van der Waals surface area contributed by atoms with E-state index in [1.807, 2.05) is 54.6 Å². The lowest BCUT2D eigenvalue weighted by Gasteiger charge is -2.11. The van der Waals surface area contributed by atoms with Crippen LogP contribution in [0.5, 0.6) is 11.5 Å². The molecule has 0 aliphatic carbocycles. The first-order valence-electron chi connectivity index (χ1n) is 9.07. The van der Waals surface area contributed by atoms with Gasteiger partial charge in [0.1, 0.15) is 17.1 Å². The largest absolute Gasteiger partial charge is 0.496 e. The minimum Gasteiger partial charge on any atom is -0.496 e. The molecule has 4 aromatic rings. The van der Waals surface area contributed by atoms with E-state index in [1.165, 1.54) is 7.11 Å². The Morgan fingerprint density at radius 1 is 0.828 bits per heavy atom. The summed E-state index contributed by atoms with van der Waals surface area (Å²) in [6, 6.07) is 28.1. The van der Waals surface area contributed by atoms with Gasteiger partial charge in [-0.3, -0.25) is 0 Å². The molecule has 0 saturated heterocycles. The molecule has 0 bridgehead atoms. The van der Waals surface area contributed by atoms with Gasteiger partial charge in [-0.1, -0.05) is 48.5 Å². The van der Waals surface area contributed by atoms with Crippen LogP contribution in [0.25, 0.3) is 21.9 Å². The molecule has 0 unspecified atom stereocenters. The van der Waals surface area contributed by atoms with Crippen LogP contribution in [0, 0.1) is 11.3 Å². The van der Waals surface area contributed by atoms with Crippen molar-refractivity contribution in [3.8, 4) is 28.7 Å². The molecule has 29 heavy (non-hydrogen) atoms. The molecule has 0 heterocycles. The summed E-state index contributed by atoms with van der Waals surface area (Å²) in [5.74, 6) is 0.448. The van der Waals surface area contributed by atoms with Crippen LogP contribution in [-0.2, 0) is 0 Å². The van der Waals surface area contributed by atoms with Crippen molar-refractivity contribution in [2.45, 2.75) is 0 Å². The van der Waals surface area contributed by atoms with E-state index in [0.717, 1.165) is 21.9 Å². The molecule has 0 aromatic heterocycles. The number of methoxy groups -OCH3 is 1. The summed E-state index contributed by atoms with van der Waals surface area (Å²) in [7, 11) is 1.53. The molecular formula is C25H17NO3. The summed E-state index contributed by atoms with van der Waals surface area (Å²) in [6.45, 7) is 0. The van der Waals surface area contributed by atoms with Gasteiger partial charge in [0, 0.05) is 0 Å². The molecule has 0 fully saturated rings. The number of esters is 1. The Kier molecular flexibility index (Phi) is 4.96. The number of hydrogen-bond acceptors (Lipinski definition) is 4. The van der Waals surface area contributed by atoms with Crippen molar-refractivity contribution in [1.82, 2.24) is 0 Å². The summed E-state index contributed by atoms with van der Waals surface area (Å²) < 4.78 is 10.9. The van der Waals surface area contributed by atoms with E-state index >= 15 is 0 Å². The lowest BCUT2D eigenvalue weighted by Crippen LogP contribution is -2.10. The van der Waals surface area contributed by atoms with Crippen LogP contribution in [-0.4, -0.2) is 13.1 Å². The number of rotatable bonds is 4. The Balaban J connectivity index is 1.57. The van der Waals surface area contributed by atoms with Crippen LogP contribution in [0.3, 0.4) is 0 Å². The highest BCUT2D eigenvalue weighted by atomic mass is 16.5. The number of hydrogen-bond donors (Lipinski definition) is 0. The highest BCUT2D eigenvalue weighted by Crippen LogP contribution is 2.28. The zero-order valence-corrected chi connectivity index (χ0v) is 15.8. The van der Waals surface area contributed by atoms with Crippen LogP contribution >= 0.6 is 0 Å². The molecule has 0 saturated carbocycles. The fraction of sp³-hybridized carbons (Fsp3) is 0.0400. The first kappa shape index (κ1) is 18.3. The predicted molar refractivity (Wildman–Crippen MR) is 112 cm³/mol. The smallest absolute Gasteiger partial charge is 0.347 e. The Morgan fingerprint density at radius 2 is 1.41 bits per heavy atom. The fourth-order valence-electron chi connectivity index (χ4n) is 3.16. The SMILES string of the molecule is COc1cc2ccccc2cc1C(=O)Oc1ccc(-c2ccc(C#N)cc2)cc1. The zero-order valence-electron chi connectivity index (χ0n) is 15.8. The number of nitrogens with zero attached hydrogens (tertiary/aromatic N) is 1. The van der Waals surface area contributed by atoms with Crippen molar-refractivity contribution in [1.29, 1.82) is 5.26 Å². The number of carbonyl (C=O) groups excluding carboxylic acids is 1. The molecule has 0 aliphatic heterocycles. The maximum absolute atomic E-state index is 12.7. The molecule has 0 spiro atoms. The molecule has 0 amide bonds. The van der Waals surface area contributed by atoms with Gasteiger partial charge in [-0.2, -0.15) is 5.26 Å². The van der Waals surface area contributed by atoms with E-state index in [-0.39, 0.29) is 0 Å². The number of carbonyl (C=O) groups is 1. The minimum absolute atomic E-state index is 0.377. The summed E-state index contributed by atoms with van der Waals surface area (Å²) in [5.41, 5.74) is 2.95. The maximum atomic E-state index is 12.7. The Hall–Kier alpha value is -4.10. The van der Waals surface area contributed by atoms with Crippen molar-refractivity contribution in [3.63, 3.8) is 0 Å². The van der Waals surface area contributed by atoms with E-state index < -0.39 is 5.97 Å². The van der Waals surface area contributed by atoms with Crippen LogP contribution in [0.1, 0.15) is 15.9 Å². The van der Waals surface area contributed by atoms with E-state index in [2.05, 4.69) is 6.07 Å². The molecule has 4 nitrogen and oxygen atoms in total. The lowest BCUT2D eigenvalue weighted by molar-refractivity contribution is 0.0731. The lowest BCUT2D eigenvalue weighted by atomic mass is 10.0. The van der Waals surface area contributed by atoms with Crippen molar-refractivity contribution in [2.24, 2.45) is 0 Å². The van der Waals surface area contributed by atoms with Crippen LogP contribution in [0.2, 0.25) is 0 Å². The van der Waals surface area contributed by atoms with Crippen molar-refractivity contribution in [2.75, 3.05) is 7.11 Å². The maximum Gasteiger partial charge on any atom is 0.347 e. The first-order chi connectivity index (χ1) is 14.2. The molecule has 0 N–H and O–H groups in total. The van der Waals surface area contributed by atoms with E-state index in [9.17, 15) is 4.79 Å². The van der Waals surface area contributed by atoms with E-state index in [1.54, 1.807) is 30.3 Å². The number of ether oxygens (including phenoxy) is 2. The van der Waals surface area contributed by atoms with E-state index in [4.69, 9.17) is 14.7 Å². The number of benzene rings is 4. The second-order valence-electron chi connectivity index (χ2n) is 6.50. The fourth-order valence-corrected chi connectivity index (χ4v) is 3.16. The number of fused-ring (bicyclic) bond motifs is 1. The molecule has 0 aliphatic rings. The van der Waals surface area contributed by atoms with Crippen LogP contribution in [0.4, 0.5) is 0 Å². The molecule has 0 atom stereocenters. The zero-order chi connectivity index (χ0) is 20.2. The Labute approximate surface area is 168 Å². The summed E-state index contributed by atoms with van der Waals surface area (Å²) >= 11 is 0. The molecule has 4 rings (SSSR count).